The molecule has 17 nitrogen and oxygen atoms in total. The van der Waals surface area contributed by atoms with E-state index >= 15 is 0 Å². The summed E-state index contributed by atoms with van der Waals surface area (Å²) < 4.78 is 33.1. The quantitative estimate of drug-likeness (QED) is 0.0551. The second-order valence-electron chi connectivity index (χ2n) is 12.6. The third-order valence-electron chi connectivity index (χ3n) is 8.45. The van der Waals surface area contributed by atoms with Crippen LogP contribution in [-0.2, 0) is 60.7 Å². The monoisotopic (exact) mass is 738 g/mol. The van der Waals surface area contributed by atoms with Gasteiger partial charge in [-0.2, -0.15) is 0 Å². The molecule has 0 aromatic heterocycles. The van der Waals surface area contributed by atoms with Gasteiger partial charge in [-0.05, 0) is 36.5 Å². The number of carboxylic acids is 1. The number of aryl methyl sites for hydroxylation is 1. The van der Waals surface area contributed by atoms with E-state index < -0.39 is 54.5 Å². The lowest BCUT2D eigenvalue weighted by Gasteiger charge is -2.38. The molecule has 1 aromatic carbocycles. The van der Waals surface area contributed by atoms with Crippen molar-refractivity contribution >= 4 is 29.7 Å². The normalized spacial score (nSPS) is 22.1. The number of hydrogen-bond donors (Lipinski definition) is 5. The number of benzene rings is 1. The molecule has 2 aliphatic rings. The molecule has 2 heterocycles. The molecule has 0 aliphatic carbocycles. The van der Waals surface area contributed by atoms with Crippen LogP contribution in [0.5, 0.6) is 5.75 Å². The van der Waals surface area contributed by atoms with Gasteiger partial charge in [0.1, 0.15) is 30.7 Å². The van der Waals surface area contributed by atoms with Crippen molar-refractivity contribution in [2.75, 3.05) is 52.7 Å². The molecule has 3 amide bonds. The lowest BCUT2D eigenvalue weighted by molar-refractivity contribution is -0.271. The van der Waals surface area contributed by atoms with Gasteiger partial charge in [-0.1, -0.05) is 26.8 Å². The van der Waals surface area contributed by atoms with Gasteiger partial charge in [0.2, 0.25) is 12.2 Å². The van der Waals surface area contributed by atoms with Crippen LogP contribution >= 0.6 is 0 Å². The van der Waals surface area contributed by atoms with E-state index in [2.05, 4.69) is 5.32 Å². The number of nitrogens with zero attached hydrogens (tertiary/aromatic N) is 1. The standard InChI is InChI=1S/C35H50N2O15/c1-21(2)22(3)34(46)50-20-24-19-23(6-7-25(24)51-35-31(43)29(41)30(42)32(52-35)33(44)45)5-4-13-47-15-17-49-18-16-48-14-11-36-26(38)10-12-37-27(39)8-9-28(37)40/h6-9,19,21-22,29-32,35,41-43H,4-5,10-18,20H2,1-3H3,(H,36,38)(H,44,45)/t22?,29-,30-,31+,32-,35+/m0/s1. The van der Waals surface area contributed by atoms with Crippen molar-refractivity contribution in [1.82, 2.24) is 10.2 Å². The maximum absolute atomic E-state index is 12.6. The van der Waals surface area contributed by atoms with Gasteiger partial charge in [-0.25, -0.2) is 4.79 Å². The highest BCUT2D eigenvalue weighted by atomic mass is 16.7. The first-order valence-corrected chi connectivity index (χ1v) is 17.2. The minimum atomic E-state index is -1.87. The highest BCUT2D eigenvalue weighted by molar-refractivity contribution is 6.13. The Morgan fingerprint density at radius 1 is 0.885 bits per heavy atom. The molecule has 1 fully saturated rings. The number of carboxylic acid groups (broad SMARTS) is 1. The molecule has 0 saturated carbocycles. The predicted molar refractivity (Wildman–Crippen MR) is 179 cm³/mol. The Hall–Kier alpha value is -3.97. The zero-order chi connectivity index (χ0) is 38.2. The number of amides is 3. The van der Waals surface area contributed by atoms with Gasteiger partial charge in [0.25, 0.3) is 11.8 Å². The summed E-state index contributed by atoms with van der Waals surface area (Å²) in [6.07, 6.45) is -5.32. The molecule has 6 atom stereocenters. The summed E-state index contributed by atoms with van der Waals surface area (Å²) >= 11 is 0. The molecule has 1 saturated heterocycles. The number of aliphatic carboxylic acids is 1. The van der Waals surface area contributed by atoms with Crippen LogP contribution in [0, 0.1) is 11.8 Å². The van der Waals surface area contributed by atoms with E-state index in [1.807, 2.05) is 13.8 Å². The van der Waals surface area contributed by atoms with Crippen molar-refractivity contribution in [3.8, 4) is 5.75 Å². The summed E-state index contributed by atoms with van der Waals surface area (Å²) in [4.78, 5) is 60.0. The number of nitrogens with one attached hydrogen (secondary N) is 1. The highest BCUT2D eigenvalue weighted by Gasteiger charge is 2.48. The van der Waals surface area contributed by atoms with Gasteiger partial charge < -0.3 is 54.2 Å². The molecular formula is C35H50N2O15. The van der Waals surface area contributed by atoms with E-state index in [1.54, 1.807) is 25.1 Å². The van der Waals surface area contributed by atoms with Gasteiger partial charge in [-0.15, -0.1) is 0 Å². The lowest BCUT2D eigenvalue weighted by Crippen LogP contribution is -2.61. The number of carbonyl (C=O) groups excluding carboxylic acids is 4. The van der Waals surface area contributed by atoms with Crippen LogP contribution in [0.4, 0.5) is 0 Å². The number of ether oxygens (including phenoxy) is 6. The van der Waals surface area contributed by atoms with Crippen molar-refractivity contribution in [1.29, 1.82) is 0 Å². The molecular weight excluding hydrogens is 688 g/mol. The third-order valence-corrected chi connectivity index (χ3v) is 8.45. The van der Waals surface area contributed by atoms with E-state index in [0.29, 0.717) is 51.4 Å². The molecule has 2 aliphatic heterocycles. The van der Waals surface area contributed by atoms with Crippen LogP contribution in [-0.4, -0.2) is 138 Å². The number of imide groups is 1. The molecule has 1 unspecified atom stereocenters. The molecule has 0 radical (unpaired) electrons. The maximum atomic E-state index is 12.6. The molecule has 1 aromatic rings. The summed E-state index contributed by atoms with van der Waals surface area (Å²) in [5.74, 6) is -3.28. The predicted octanol–water partition coefficient (Wildman–Crippen LogP) is -0.293. The summed E-state index contributed by atoms with van der Waals surface area (Å²) in [7, 11) is 0. The number of carbonyl (C=O) groups is 5. The Morgan fingerprint density at radius 2 is 1.52 bits per heavy atom. The molecule has 0 bridgehead atoms. The minimum Gasteiger partial charge on any atom is -0.479 e. The van der Waals surface area contributed by atoms with Gasteiger partial charge >= 0.3 is 11.9 Å². The first kappa shape index (κ1) is 42.4. The number of rotatable bonds is 23. The number of aliphatic hydroxyl groups excluding tert-OH is 3. The van der Waals surface area contributed by atoms with Crippen molar-refractivity contribution < 1.29 is 72.8 Å². The zero-order valence-electron chi connectivity index (χ0n) is 29.6. The van der Waals surface area contributed by atoms with Gasteiger partial charge in [-0.3, -0.25) is 24.1 Å². The van der Waals surface area contributed by atoms with Crippen LogP contribution in [0.15, 0.2) is 30.4 Å². The van der Waals surface area contributed by atoms with Crippen molar-refractivity contribution in [3.63, 3.8) is 0 Å². The topological polar surface area (TPSA) is 237 Å². The van der Waals surface area contributed by atoms with Crippen LogP contribution in [0.25, 0.3) is 0 Å². The fourth-order valence-corrected chi connectivity index (χ4v) is 4.98. The largest absolute Gasteiger partial charge is 0.479 e. The van der Waals surface area contributed by atoms with Gasteiger partial charge in [0.05, 0.1) is 39.0 Å². The second-order valence-corrected chi connectivity index (χ2v) is 12.6. The average molecular weight is 739 g/mol. The van der Waals surface area contributed by atoms with E-state index in [0.717, 1.165) is 10.5 Å². The summed E-state index contributed by atoms with van der Waals surface area (Å²) in [5, 5.41) is 42.6. The van der Waals surface area contributed by atoms with E-state index in [-0.39, 0.29) is 56.2 Å². The van der Waals surface area contributed by atoms with E-state index in [1.165, 1.54) is 12.2 Å². The molecule has 0 spiro atoms. The van der Waals surface area contributed by atoms with Gasteiger partial charge in [0.15, 0.2) is 6.10 Å². The third kappa shape index (κ3) is 13.2. The maximum Gasteiger partial charge on any atom is 0.335 e. The summed E-state index contributed by atoms with van der Waals surface area (Å²) in [6.45, 7) is 7.74. The number of esters is 1. The average Bonchev–Trinajstić information content (AvgIpc) is 3.44. The van der Waals surface area contributed by atoms with E-state index in [4.69, 9.17) is 28.4 Å². The Labute approximate surface area is 301 Å². The Morgan fingerprint density at radius 3 is 2.15 bits per heavy atom. The number of hydrogen-bond acceptors (Lipinski definition) is 14. The summed E-state index contributed by atoms with van der Waals surface area (Å²) in [5.41, 5.74) is 1.29. The molecule has 3 rings (SSSR count). The first-order chi connectivity index (χ1) is 24.8. The SMILES string of the molecule is CC(C)C(C)C(=O)OCc1cc(CCCOCCOCCOCCNC(=O)CCN2C(=O)C=CC2=O)ccc1O[C@@H]1O[C@H](C(=O)O)[C@@H](O)[C@H](O)[C@H]1O. The van der Waals surface area contributed by atoms with E-state index in [9.17, 15) is 44.4 Å². The Balaban J connectivity index is 1.35. The fraction of sp³-hybridized carbons (Fsp3) is 0.629. The molecule has 17 heteroatoms. The molecule has 52 heavy (non-hydrogen) atoms. The van der Waals surface area contributed by atoms with Crippen LogP contribution in [0.2, 0.25) is 0 Å². The highest BCUT2D eigenvalue weighted by Crippen LogP contribution is 2.29. The lowest BCUT2D eigenvalue weighted by atomic mass is 9.98. The molecule has 290 valence electrons. The van der Waals surface area contributed by atoms with Crippen molar-refractivity contribution in [2.45, 2.75) is 77.3 Å². The first-order valence-electron chi connectivity index (χ1n) is 17.2. The molecule has 5 N–H and O–H groups in total. The Kier molecular flexibility index (Phi) is 17.6. The number of aliphatic hydroxyl groups is 3. The van der Waals surface area contributed by atoms with Crippen molar-refractivity contribution in [2.24, 2.45) is 11.8 Å². The van der Waals surface area contributed by atoms with Crippen LogP contribution in [0.1, 0.15) is 44.7 Å². The fourth-order valence-electron chi connectivity index (χ4n) is 4.98. The smallest absolute Gasteiger partial charge is 0.335 e. The summed E-state index contributed by atoms with van der Waals surface area (Å²) in [6, 6.07) is 5.07. The minimum absolute atomic E-state index is 0.0129. The van der Waals surface area contributed by atoms with Crippen molar-refractivity contribution in [3.05, 3.63) is 41.5 Å². The Bertz CT molecular complexity index is 1370. The van der Waals surface area contributed by atoms with Crippen LogP contribution < -0.4 is 10.1 Å². The van der Waals surface area contributed by atoms with Gasteiger partial charge in [0, 0.05) is 43.8 Å². The van der Waals surface area contributed by atoms with Crippen LogP contribution in [0.3, 0.4) is 0 Å². The zero-order valence-corrected chi connectivity index (χ0v) is 29.6. The second kappa shape index (κ2) is 21.5.